The third kappa shape index (κ3) is 3.20. The zero-order valence-corrected chi connectivity index (χ0v) is 13.7. The van der Waals surface area contributed by atoms with Crippen molar-refractivity contribution in [3.63, 3.8) is 0 Å². The molecule has 1 aromatic heterocycles. The van der Waals surface area contributed by atoms with Gasteiger partial charge in [0.15, 0.2) is 5.78 Å². The summed E-state index contributed by atoms with van der Waals surface area (Å²) >= 11 is 1.36. The number of thiophene rings is 1. The Morgan fingerprint density at radius 2 is 2.05 bits per heavy atom. The molecule has 5 nitrogen and oxygen atoms in total. The van der Waals surface area contributed by atoms with Gasteiger partial charge in [-0.05, 0) is 25.7 Å². The van der Waals surface area contributed by atoms with Crippen LogP contribution in [0, 0.1) is 5.92 Å². The maximum atomic E-state index is 12.2. The van der Waals surface area contributed by atoms with E-state index in [-0.39, 0.29) is 11.7 Å². The van der Waals surface area contributed by atoms with Crippen LogP contribution in [-0.4, -0.2) is 31.8 Å². The summed E-state index contributed by atoms with van der Waals surface area (Å²) in [6.07, 6.45) is 2.88. The van der Waals surface area contributed by atoms with Gasteiger partial charge in [-0.25, -0.2) is 0 Å². The molecule has 3 N–H and O–H groups in total. The van der Waals surface area contributed by atoms with Crippen molar-refractivity contribution in [2.45, 2.75) is 33.1 Å². The summed E-state index contributed by atoms with van der Waals surface area (Å²) in [5, 5.41) is 3.46. The van der Waals surface area contributed by atoms with Crippen molar-refractivity contribution in [2.24, 2.45) is 5.92 Å². The van der Waals surface area contributed by atoms with Crippen molar-refractivity contribution in [1.29, 1.82) is 0 Å². The molecule has 1 saturated carbocycles. The van der Waals surface area contributed by atoms with Crippen molar-refractivity contribution < 1.29 is 9.59 Å². The standard InChI is InChI=1S/C15H23N3O2S/c1-4-10(19)13-12(16)11(14(20)17-3)15(21-13)18(5-2)8-9-6-7-9/h9H,4-8,16H2,1-3H3,(H,17,20). The van der Waals surface area contributed by atoms with Gasteiger partial charge in [0.2, 0.25) is 0 Å². The minimum absolute atomic E-state index is 0.00335. The molecule has 6 heteroatoms. The molecule has 1 fully saturated rings. The van der Waals surface area contributed by atoms with Gasteiger partial charge >= 0.3 is 0 Å². The lowest BCUT2D eigenvalue weighted by Crippen LogP contribution is -2.28. The van der Waals surface area contributed by atoms with Gasteiger partial charge in [-0.1, -0.05) is 6.92 Å². The van der Waals surface area contributed by atoms with Crippen LogP contribution in [0.5, 0.6) is 0 Å². The van der Waals surface area contributed by atoms with E-state index < -0.39 is 0 Å². The molecular formula is C15H23N3O2S. The predicted molar refractivity (Wildman–Crippen MR) is 87.4 cm³/mol. The first-order valence-corrected chi connectivity index (χ1v) is 8.27. The fraction of sp³-hybridized carbons (Fsp3) is 0.600. The second-order valence-electron chi connectivity index (χ2n) is 5.36. The van der Waals surface area contributed by atoms with Crippen molar-refractivity contribution in [3.8, 4) is 0 Å². The Balaban J connectivity index is 2.45. The zero-order valence-electron chi connectivity index (χ0n) is 12.9. The molecule has 0 aromatic carbocycles. The van der Waals surface area contributed by atoms with Gasteiger partial charge in [-0.15, -0.1) is 11.3 Å². The number of rotatable bonds is 7. The van der Waals surface area contributed by atoms with Gasteiger partial charge in [0.1, 0.15) is 5.00 Å². The summed E-state index contributed by atoms with van der Waals surface area (Å²) in [5.41, 5.74) is 6.89. The lowest BCUT2D eigenvalue weighted by Gasteiger charge is -2.22. The van der Waals surface area contributed by atoms with Gasteiger partial charge < -0.3 is 16.0 Å². The third-order valence-corrected chi connectivity index (χ3v) is 5.11. The van der Waals surface area contributed by atoms with E-state index in [4.69, 9.17) is 5.73 Å². The molecule has 1 amide bonds. The molecule has 1 aliphatic carbocycles. The maximum absolute atomic E-state index is 12.2. The third-order valence-electron chi connectivity index (χ3n) is 3.80. The molecule has 1 aliphatic rings. The van der Waals surface area contributed by atoms with E-state index in [0.29, 0.717) is 28.5 Å². The lowest BCUT2D eigenvalue weighted by molar-refractivity contribution is 0.0964. The van der Waals surface area contributed by atoms with Gasteiger partial charge in [-0.2, -0.15) is 0 Å². The van der Waals surface area contributed by atoms with Crippen molar-refractivity contribution in [1.82, 2.24) is 5.32 Å². The highest BCUT2D eigenvalue weighted by atomic mass is 32.1. The molecule has 0 unspecified atom stereocenters. The van der Waals surface area contributed by atoms with E-state index in [1.54, 1.807) is 7.05 Å². The summed E-state index contributed by atoms with van der Waals surface area (Å²) in [4.78, 5) is 26.9. The fourth-order valence-corrected chi connectivity index (χ4v) is 3.63. The number of carbonyl (C=O) groups excluding carboxylic acids is 2. The Labute approximate surface area is 129 Å². The van der Waals surface area contributed by atoms with Crippen LogP contribution in [0.3, 0.4) is 0 Å². The quantitative estimate of drug-likeness (QED) is 0.759. The van der Waals surface area contributed by atoms with Gasteiger partial charge in [-0.3, -0.25) is 9.59 Å². The molecule has 0 bridgehead atoms. The normalized spacial score (nSPS) is 14.0. The number of hydrogen-bond acceptors (Lipinski definition) is 5. The molecule has 0 spiro atoms. The van der Waals surface area contributed by atoms with Gasteiger partial charge in [0.05, 0.1) is 16.1 Å². The molecule has 0 radical (unpaired) electrons. The highest BCUT2D eigenvalue weighted by Gasteiger charge is 2.30. The summed E-state index contributed by atoms with van der Waals surface area (Å²) in [7, 11) is 1.59. The van der Waals surface area contributed by atoms with Crippen molar-refractivity contribution in [2.75, 3.05) is 30.8 Å². The van der Waals surface area contributed by atoms with Crippen LogP contribution in [0.2, 0.25) is 0 Å². The first kappa shape index (κ1) is 15.8. The van der Waals surface area contributed by atoms with Gasteiger partial charge in [0.25, 0.3) is 5.91 Å². The Bertz CT molecular complexity index is 549. The molecule has 2 rings (SSSR count). The largest absolute Gasteiger partial charge is 0.397 e. The van der Waals surface area contributed by atoms with E-state index in [2.05, 4.69) is 17.1 Å². The number of ketones is 1. The minimum atomic E-state index is -0.219. The number of nitrogens with zero attached hydrogens (tertiary/aromatic N) is 1. The van der Waals surface area contributed by atoms with Crippen LogP contribution in [0.15, 0.2) is 0 Å². The van der Waals surface area contributed by atoms with E-state index in [0.717, 1.165) is 18.1 Å². The van der Waals surface area contributed by atoms with Crippen LogP contribution < -0.4 is 16.0 Å². The fourth-order valence-electron chi connectivity index (χ4n) is 2.33. The zero-order chi connectivity index (χ0) is 15.6. The summed E-state index contributed by atoms with van der Waals surface area (Å²) < 4.78 is 0. The molecule has 0 aliphatic heterocycles. The maximum Gasteiger partial charge on any atom is 0.256 e. The van der Waals surface area contributed by atoms with Crippen molar-refractivity contribution >= 4 is 33.7 Å². The smallest absolute Gasteiger partial charge is 0.256 e. The predicted octanol–water partition coefficient (Wildman–Crippen LogP) is 2.52. The molecule has 0 atom stereocenters. The minimum Gasteiger partial charge on any atom is -0.397 e. The van der Waals surface area contributed by atoms with Crippen LogP contribution >= 0.6 is 11.3 Å². The number of nitrogen functional groups attached to an aromatic ring is 1. The van der Waals surface area contributed by atoms with Crippen molar-refractivity contribution in [3.05, 3.63) is 10.4 Å². The SMILES string of the molecule is CCC(=O)c1sc(N(CC)CC2CC2)c(C(=O)NC)c1N. The van der Waals surface area contributed by atoms with Crippen LogP contribution in [0.1, 0.15) is 53.1 Å². The number of hydrogen-bond donors (Lipinski definition) is 2. The first-order chi connectivity index (χ1) is 10.0. The summed E-state index contributed by atoms with van der Waals surface area (Å²) in [5.74, 6) is 0.482. The first-order valence-electron chi connectivity index (χ1n) is 7.45. The molecule has 116 valence electrons. The second-order valence-corrected chi connectivity index (χ2v) is 6.36. The van der Waals surface area contributed by atoms with Gasteiger partial charge in [0, 0.05) is 26.6 Å². The monoisotopic (exact) mass is 309 g/mol. The molecule has 1 aromatic rings. The Kier molecular flexibility index (Phi) is 4.88. The number of nitrogens with two attached hydrogens (primary N) is 1. The summed E-state index contributed by atoms with van der Waals surface area (Å²) in [6.45, 7) is 5.61. The molecular weight excluding hydrogens is 286 g/mol. The van der Waals surface area contributed by atoms with Crippen LogP contribution in [-0.2, 0) is 0 Å². The van der Waals surface area contributed by atoms with E-state index in [9.17, 15) is 9.59 Å². The Morgan fingerprint density at radius 3 is 2.52 bits per heavy atom. The average Bonchev–Trinajstić information content (AvgIpc) is 3.25. The number of carbonyl (C=O) groups is 2. The van der Waals surface area contributed by atoms with E-state index in [1.807, 2.05) is 6.92 Å². The molecule has 21 heavy (non-hydrogen) atoms. The van der Waals surface area contributed by atoms with E-state index in [1.165, 1.54) is 24.2 Å². The number of Topliss-reactive ketones (excluding diaryl/α,β-unsaturated/α-hetero) is 1. The molecule has 0 saturated heterocycles. The van der Waals surface area contributed by atoms with Crippen LogP contribution in [0.4, 0.5) is 10.7 Å². The number of anilines is 2. The van der Waals surface area contributed by atoms with E-state index >= 15 is 0 Å². The second kappa shape index (κ2) is 6.47. The number of nitrogens with one attached hydrogen (secondary N) is 1. The number of amides is 1. The highest BCUT2D eigenvalue weighted by molar-refractivity contribution is 7.19. The molecule has 1 heterocycles. The highest BCUT2D eigenvalue weighted by Crippen LogP contribution is 2.41. The topological polar surface area (TPSA) is 75.4 Å². The average molecular weight is 309 g/mol. The summed E-state index contributed by atoms with van der Waals surface area (Å²) in [6, 6.07) is 0. The van der Waals surface area contributed by atoms with Crippen LogP contribution in [0.25, 0.3) is 0 Å². The Hall–Kier alpha value is -1.56. The lowest BCUT2D eigenvalue weighted by atomic mass is 10.1. The Morgan fingerprint density at radius 1 is 1.38 bits per heavy atom.